The summed E-state index contributed by atoms with van der Waals surface area (Å²) in [6.45, 7) is 6.18. The molecule has 3 aromatic rings. The molecule has 1 aromatic carbocycles. The van der Waals surface area contributed by atoms with Crippen LogP contribution in [0.2, 0.25) is 0 Å². The van der Waals surface area contributed by atoms with Gasteiger partial charge in [0, 0.05) is 31.0 Å². The number of hydrogen-bond donors (Lipinski definition) is 3. The van der Waals surface area contributed by atoms with Crippen LogP contribution in [0.4, 0.5) is 11.5 Å². The Labute approximate surface area is 170 Å². The second-order valence-corrected chi connectivity index (χ2v) is 7.61. The third-order valence-electron chi connectivity index (χ3n) is 5.58. The Hall–Kier alpha value is -3.09. The molecule has 0 bridgehead atoms. The predicted molar refractivity (Wildman–Crippen MR) is 116 cm³/mol. The lowest BCUT2D eigenvalue weighted by Crippen LogP contribution is -2.49. The minimum atomic E-state index is 0.0247. The molecule has 0 unspecified atom stereocenters. The quantitative estimate of drug-likeness (QED) is 0.600. The highest BCUT2D eigenvalue weighted by atomic mass is 16.2. The Morgan fingerprint density at radius 2 is 2.21 bits per heavy atom. The average molecular weight is 393 g/mol. The summed E-state index contributed by atoms with van der Waals surface area (Å²) in [4.78, 5) is 26.7. The fourth-order valence-electron chi connectivity index (χ4n) is 4.12. The first-order valence-electron chi connectivity index (χ1n) is 10.3. The Kier molecular flexibility index (Phi) is 5.64. The Morgan fingerprint density at radius 1 is 1.31 bits per heavy atom. The number of anilines is 2. The van der Waals surface area contributed by atoms with Gasteiger partial charge in [0.25, 0.3) is 0 Å². The van der Waals surface area contributed by atoms with Crippen molar-refractivity contribution in [2.24, 2.45) is 0 Å². The van der Waals surface area contributed by atoms with E-state index in [1.807, 2.05) is 12.3 Å². The fourth-order valence-corrected chi connectivity index (χ4v) is 4.12. The molecule has 1 aliphatic heterocycles. The molecule has 0 spiro atoms. The van der Waals surface area contributed by atoms with Crippen molar-refractivity contribution >= 4 is 28.4 Å². The minimum absolute atomic E-state index is 0.0247. The Balaban J connectivity index is 1.37. The number of carbonyl (C=O) groups excluding carboxylic acids is 1. The number of aromatic nitrogens is 3. The number of carbonyl (C=O) groups is 1. The van der Waals surface area contributed by atoms with Crippen LogP contribution in [0, 0.1) is 6.92 Å². The molecule has 0 saturated carbocycles. The van der Waals surface area contributed by atoms with Crippen molar-refractivity contribution < 1.29 is 4.79 Å². The molecule has 1 fully saturated rings. The van der Waals surface area contributed by atoms with Gasteiger partial charge >= 0.3 is 0 Å². The Bertz CT molecular complexity index is 998. The van der Waals surface area contributed by atoms with Crippen LogP contribution in [-0.4, -0.2) is 46.5 Å². The van der Waals surface area contributed by atoms with Crippen LogP contribution < -0.4 is 15.5 Å². The number of hydrogen-bond acceptors (Lipinski definition) is 5. The topological polar surface area (TPSA) is 85.9 Å². The van der Waals surface area contributed by atoms with Crippen LogP contribution in [0.3, 0.4) is 0 Å². The number of aryl methyl sites for hydroxylation is 2. The van der Waals surface area contributed by atoms with E-state index >= 15 is 0 Å². The van der Waals surface area contributed by atoms with E-state index in [1.165, 1.54) is 11.1 Å². The number of H-pyrrole nitrogens is 1. The molecule has 152 valence electrons. The molecule has 7 heteroatoms. The number of amides is 1. The van der Waals surface area contributed by atoms with Gasteiger partial charge < -0.3 is 20.5 Å². The largest absolute Gasteiger partial charge is 0.376 e. The maximum atomic E-state index is 12.6. The SMILES string of the molecule is CCc1cccc(C)c1NCC(=O)N[C@@H]1CCCN(c2ncnc3[nH]ccc23)C1. The first-order chi connectivity index (χ1) is 14.2. The predicted octanol–water partition coefficient (Wildman–Crippen LogP) is 3.03. The molecular weight excluding hydrogens is 364 g/mol. The van der Waals surface area contributed by atoms with E-state index < -0.39 is 0 Å². The van der Waals surface area contributed by atoms with Gasteiger partial charge in [-0.25, -0.2) is 9.97 Å². The molecule has 0 aliphatic carbocycles. The van der Waals surface area contributed by atoms with Gasteiger partial charge in [0.05, 0.1) is 11.9 Å². The third kappa shape index (κ3) is 4.18. The van der Waals surface area contributed by atoms with E-state index in [0.717, 1.165) is 54.9 Å². The van der Waals surface area contributed by atoms with Gasteiger partial charge in [0.1, 0.15) is 17.8 Å². The molecule has 3 heterocycles. The number of fused-ring (bicyclic) bond motifs is 1. The van der Waals surface area contributed by atoms with Gasteiger partial charge in [0.15, 0.2) is 0 Å². The lowest BCUT2D eigenvalue weighted by molar-refractivity contribution is -0.120. The monoisotopic (exact) mass is 392 g/mol. The van der Waals surface area contributed by atoms with Crippen molar-refractivity contribution in [2.45, 2.75) is 39.2 Å². The van der Waals surface area contributed by atoms with Gasteiger partial charge in [-0.3, -0.25) is 4.79 Å². The van der Waals surface area contributed by atoms with Gasteiger partial charge in [-0.2, -0.15) is 0 Å². The highest BCUT2D eigenvalue weighted by Crippen LogP contribution is 2.25. The van der Waals surface area contributed by atoms with Crippen LogP contribution in [-0.2, 0) is 11.2 Å². The number of aromatic amines is 1. The molecule has 1 atom stereocenters. The molecule has 1 aliphatic rings. The van der Waals surface area contributed by atoms with E-state index in [4.69, 9.17) is 0 Å². The molecule has 1 saturated heterocycles. The zero-order valence-corrected chi connectivity index (χ0v) is 17.0. The zero-order chi connectivity index (χ0) is 20.2. The molecule has 0 radical (unpaired) electrons. The van der Waals surface area contributed by atoms with E-state index in [0.29, 0.717) is 0 Å². The van der Waals surface area contributed by atoms with Crippen molar-refractivity contribution in [2.75, 3.05) is 29.9 Å². The van der Waals surface area contributed by atoms with Crippen molar-refractivity contribution in [3.63, 3.8) is 0 Å². The van der Waals surface area contributed by atoms with Crippen molar-refractivity contribution in [3.8, 4) is 0 Å². The van der Waals surface area contributed by atoms with Crippen molar-refractivity contribution in [3.05, 3.63) is 47.9 Å². The minimum Gasteiger partial charge on any atom is -0.376 e. The highest BCUT2D eigenvalue weighted by molar-refractivity contribution is 5.87. The van der Waals surface area contributed by atoms with Crippen LogP contribution in [0.1, 0.15) is 30.9 Å². The molecule has 4 rings (SSSR count). The third-order valence-corrected chi connectivity index (χ3v) is 5.58. The summed E-state index contributed by atoms with van der Waals surface area (Å²) in [6.07, 6.45) is 6.41. The van der Waals surface area contributed by atoms with Crippen LogP contribution in [0.15, 0.2) is 36.8 Å². The average Bonchev–Trinajstić information content (AvgIpc) is 3.22. The summed E-state index contributed by atoms with van der Waals surface area (Å²) in [5.74, 6) is 0.956. The lowest BCUT2D eigenvalue weighted by Gasteiger charge is -2.34. The number of piperidine rings is 1. The standard InChI is InChI=1S/C22H28N6O/c1-3-16-7-4-6-15(2)20(16)24-12-19(29)27-17-8-5-11-28(13-17)22-18-9-10-23-21(18)25-14-26-22/h4,6-7,9-10,14,17,24H,3,5,8,11-13H2,1-2H3,(H,27,29)(H,23,25,26)/t17-/m1/s1. The maximum Gasteiger partial charge on any atom is 0.239 e. The summed E-state index contributed by atoms with van der Waals surface area (Å²) in [6, 6.07) is 8.36. The first-order valence-corrected chi connectivity index (χ1v) is 10.3. The summed E-state index contributed by atoms with van der Waals surface area (Å²) in [5.41, 5.74) is 4.32. The lowest BCUT2D eigenvalue weighted by atomic mass is 10.0. The molecule has 3 N–H and O–H groups in total. The number of para-hydroxylation sites is 1. The summed E-state index contributed by atoms with van der Waals surface area (Å²) in [7, 11) is 0. The molecule has 2 aromatic heterocycles. The molecule has 29 heavy (non-hydrogen) atoms. The van der Waals surface area contributed by atoms with Gasteiger partial charge in [0.2, 0.25) is 5.91 Å². The van der Waals surface area contributed by atoms with Crippen molar-refractivity contribution in [1.29, 1.82) is 0 Å². The summed E-state index contributed by atoms with van der Waals surface area (Å²) >= 11 is 0. The van der Waals surface area contributed by atoms with E-state index in [1.54, 1.807) is 6.33 Å². The normalized spacial score (nSPS) is 16.8. The fraction of sp³-hybridized carbons (Fsp3) is 0.409. The molecular formula is C22H28N6O. The van der Waals surface area contributed by atoms with E-state index in [-0.39, 0.29) is 18.5 Å². The smallest absolute Gasteiger partial charge is 0.239 e. The molecule has 1 amide bonds. The summed E-state index contributed by atoms with van der Waals surface area (Å²) < 4.78 is 0. The highest BCUT2D eigenvalue weighted by Gasteiger charge is 2.24. The van der Waals surface area contributed by atoms with E-state index in [9.17, 15) is 4.79 Å². The van der Waals surface area contributed by atoms with Crippen LogP contribution >= 0.6 is 0 Å². The number of nitrogens with one attached hydrogen (secondary N) is 3. The Morgan fingerprint density at radius 3 is 3.07 bits per heavy atom. The van der Waals surface area contributed by atoms with E-state index in [2.05, 4.69) is 62.5 Å². The second kappa shape index (κ2) is 8.51. The number of benzene rings is 1. The summed E-state index contributed by atoms with van der Waals surface area (Å²) in [5, 5.41) is 7.55. The van der Waals surface area contributed by atoms with Crippen molar-refractivity contribution in [1.82, 2.24) is 20.3 Å². The van der Waals surface area contributed by atoms with Gasteiger partial charge in [-0.1, -0.05) is 25.1 Å². The van der Waals surface area contributed by atoms with Crippen LogP contribution in [0.5, 0.6) is 0 Å². The van der Waals surface area contributed by atoms with Gasteiger partial charge in [-0.15, -0.1) is 0 Å². The molecule has 7 nitrogen and oxygen atoms in total. The zero-order valence-electron chi connectivity index (χ0n) is 17.0. The first kappa shape index (κ1) is 19.2. The second-order valence-electron chi connectivity index (χ2n) is 7.61. The van der Waals surface area contributed by atoms with Gasteiger partial charge in [-0.05, 0) is 43.4 Å². The number of rotatable bonds is 6. The van der Waals surface area contributed by atoms with Crippen LogP contribution in [0.25, 0.3) is 11.0 Å². The maximum absolute atomic E-state index is 12.6. The number of nitrogens with zero attached hydrogens (tertiary/aromatic N) is 3.